The summed E-state index contributed by atoms with van der Waals surface area (Å²) in [4.78, 5) is 29.7. The molecule has 0 aliphatic heterocycles. The van der Waals surface area contributed by atoms with E-state index in [-0.39, 0.29) is 18.0 Å². The molecule has 0 aliphatic carbocycles. The quantitative estimate of drug-likeness (QED) is 0.580. The Morgan fingerprint density at radius 3 is 2.75 bits per heavy atom. The highest BCUT2D eigenvalue weighted by Gasteiger charge is 2.12. The predicted octanol–water partition coefficient (Wildman–Crippen LogP) is 1.53. The number of anilines is 1. The number of aryl methyl sites for hydroxylation is 2. The number of aromatic nitrogens is 6. The van der Waals surface area contributed by atoms with Crippen LogP contribution in [0.5, 0.6) is 0 Å². The molecule has 2 aromatic carbocycles. The van der Waals surface area contributed by atoms with Crippen molar-refractivity contribution in [2.75, 3.05) is 5.32 Å². The molecule has 4 rings (SSSR count). The molecule has 2 aromatic heterocycles. The van der Waals surface area contributed by atoms with Crippen LogP contribution < -0.4 is 10.9 Å². The normalized spacial score (nSPS) is 10.9. The maximum absolute atomic E-state index is 12.7. The second kappa shape index (κ2) is 7.03. The van der Waals surface area contributed by atoms with E-state index in [2.05, 4.69) is 25.8 Å². The second-order valence-corrected chi connectivity index (χ2v) is 6.32. The topological polar surface area (TPSA) is 108 Å². The molecule has 1 N–H and O–H groups in total. The van der Waals surface area contributed by atoms with Crippen molar-refractivity contribution >= 4 is 22.5 Å². The van der Waals surface area contributed by atoms with Gasteiger partial charge < -0.3 is 5.32 Å². The summed E-state index contributed by atoms with van der Waals surface area (Å²) in [5.41, 5.74) is 1.74. The van der Waals surface area contributed by atoms with Crippen LogP contribution in [0.3, 0.4) is 0 Å². The summed E-state index contributed by atoms with van der Waals surface area (Å²) in [6, 6.07) is 14.3. The number of para-hydroxylation sites is 1. The van der Waals surface area contributed by atoms with Gasteiger partial charge in [0.15, 0.2) is 5.82 Å². The Morgan fingerprint density at radius 2 is 1.96 bits per heavy atom. The van der Waals surface area contributed by atoms with Gasteiger partial charge in [-0.1, -0.05) is 24.3 Å². The van der Waals surface area contributed by atoms with Crippen LogP contribution >= 0.6 is 0 Å². The molecule has 2 heterocycles. The molecular formula is C19H17N7O2. The average Bonchev–Trinajstić information content (AvgIpc) is 3.11. The summed E-state index contributed by atoms with van der Waals surface area (Å²) in [5, 5.41) is 14.7. The van der Waals surface area contributed by atoms with E-state index in [9.17, 15) is 9.59 Å². The van der Waals surface area contributed by atoms with Gasteiger partial charge in [0.2, 0.25) is 5.91 Å². The molecular weight excluding hydrogens is 358 g/mol. The summed E-state index contributed by atoms with van der Waals surface area (Å²) in [6.45, 7) is 1.58. The van der Waals surface area contributed by atoms with Gasteiger partial charge in [0.1, 0.15) is 12.4 Å². The fraction of sp³-hybridized carbons (Fsp3) is 0.158. The Balaban J connectivity index is 1.58. The maximum Gasteiger partial charge on any atom is 0.261 e. The van der Waals surface area contributed by atoms with Gasteiger partial charge >= 0.3 is 0 Å². The van der Waals surface area contributed by atoms with E-state index in [1.54, 1.807) is 55.1 Å². The highest BCUT2D eigenvalue weighted by molar-refractivity contribution is 5.91. The summed E-state index contributed by atoms with van der Waals surface area (Å²) < 4.78 is 2.92. The second-order valence-electron chi connectivity index (χ2n) is 6.32. The third-order valence-electron chi connectivity index (χ3n) is 4.38. The first kappa shape index (κ1) is 17.5. The first-order valence-corrected chi connectivity index (χ1v) is 8.62. The number of rotatable bonds is 4. The standard InChI is InChI=1S/C19H17N7O2/c1-12-20-16-9-4-3-8-15(16)19(28)26(12)11-17(27)21-14-7-5-6-13(10-14)18-22-23-24-25(18)2/h3-10H,11H2,1-2H3,(H,21,27). The van der Waals surface area contributed by atoms with Crippen molar-refractivity contribution in [1.82, 2.24) is 29.8 Å². The molecule has 0 radical (unpaired) electrons. The average molecular weight is 375 g/mol. The van der Waals surface area contributed by atoms with Gasteiger partial charge in [0.25, 0.3) is 5.56 Å². The van der Waals surface area contributed by atoms with Crippen molar-refractivity contribution in [2.45, 2.75) is 13.5 Å². The van der Waals surface area contributed by atoms with E-state index >= 15 is 0 Å². The molecule has 0 saturated carbocycles. The third kappa shape index (κ3) is 3.25. The van der Waals surface area contributed by atoms with Crippen LogP contribution in [-0.2, 0) is 18.4 Å². The highest BCUT2D eigenvalue weighted by atomic mass is 16.2. The fourth-order valence-electron chi connectivity index (χ4n) is 3.02. The van der Waals surface area contributed by atoms with Crippen molar-refractivity contribution < 1.29 is 4.79 Å². The van der Waals surface area contributed by atoms with E-state index in [0.717, 1.165) is 5.56 Å². The molecule has 0 fully saturated rings. The molecule has 4 aromatic rings. The molecule has 9 nitrogen and oxygen atoms in total. The first-order valence-electron chi connectivity index (χ1n) is 8.62. The van der Waals surface area contributed by atoms with Crippen molar-refractivity contribution in [2.24, 2.45) is 7.05 Å². The number of hydrogen-bond acceptors (Lipinski definition) is 6. The van der Waals surface area contributed by atoms with Crippen LogP contribution in [0.2, 0.25) is 0 Å². The smallest absolute Gasteiger partial charge is 0.261 e. The van der Waals surface area contributed by atoms with Crippen molar-refractivity contribution in [3.05, 3.63) is 64.7 Å². The summed E-state index contributed by atoms with van der Waals surface area (Å²) in [7, 11) is 1.74. The Hall–Kier alpha value is -3.88. The predicted molar refractivity (Wildman–Crippen MR) is 104 cm³/mol. The Morgan fingerprint density at radius 1 is 1.14 bits per heavy atom. The van der Waals surface area contributed by atoms with E-state index in [1.165, 1.54) is 4.57 Å². The van der Waals surface area contributed by atoms with Gasteiger partial charge in [-0.15, -0.1) is 5.10 Å². The molecule has 0 saturated heterocycles. The number of nitrogens with zero attached hydrogens (tertiary/aromatic N) is 6. The minimum absolute atomic E-state index is 0.127. The van der Waals surface area contributed by atoms with Crippen LogP contribution in [0, 0.1) is 6.92 Å². The third-order valence-corrected chi connectivity index (χ3v) is 4.38. The fourth-order valence-corrected chi connectivity index (χ4v) is 3.02. The van der Waals surface area contributed by atoms with E-state index in [1.807, 2.05) is 12.1 Å². The van der Waals surface area contributed by atoms with Crippen LogP contribution in [-0.4, -0.2) is 35.7 Å². The number of carbonyl (C=O) groups excluding carboxylic acids is 1. The molecule has 0 bridgehead atoms. The lowest BCUT2D eigenvalue weighted by Crippen LogP contribution is -2.30. The molecule has 0 spiro atoms. The van der Waals surface area contributed by atoms with E-state index < -0.39 is 0 Å². The molecule has 140 valence electrons. The maximum atomic E-state index is 12.7. The number of tetrazole rings is 1. The Labute approximate surface area is 159 Å². The number of nitrogens with one attached hydrogen (secondary N) is 1. The Kier molecular flexibility index (Phi) is 4.40. The molecule has 9 heteroatoms. The number of hydrogen-bond donors (Lipinski definition) is 1. The van der Waals surface area contributed by atoms with Gasteiger partial charge in [-0.3, -0.25) is 14.2 Å². The van der Waals surface area contributed by atoms with Crippen LogP contribution in [0.4, 0.5) is 5.69 Å². The summed E-state index contributed by atoms with van der Waals surface area (Å²) in [6.07, 6.45) is 0. The van der Waals surface area contributed by atoms with E-state index in [0.29, 0.717) is 28.2 Å². The number of amides is 1. The van der Waals surface area contributed by atoms with Gasteiger partial charge in [-0.05, 0) is 41.6 Å². The molecule has 0 aliphatic rings. The van der Waals surface area contributed by atoms with Crippen molar-refractivity contribution in [3.63, 3.8) is 0 Å². The van der Waals surface area contributed by atoms with Crippen molar-refractivity contribution in [1.29, 1.82) is 0 Å². The highest BCUT2D eigenvalue weighted by Crippen LogP contribution is 2.19. The number of fused-ring (bicyclic) bond motifs is 1. The zero-order valence-corrected chi connectivity index (χ0v) is 15.3. The molecule has 28 heavy (non-hydrogen) atoms. The largest absolute Gasteiger partial charge is 0.325 e. The summed E-state index contributed by atoms with van der Waals surface area (Å²) >= 11 is 0. The van der Waals surface area contributed by atoms with Gasteiger partial charge in [0, 0.05) is 18.3 Å². The SMILES string of the molecule is Cc1nc2ccccc2c(=O)n1CC(=O)Nc1cccc(-c2nnnn2C)c1. The minimum atomic E-state index is -0.324. The lowest BCUT2D eigenvalue weighted by Gasteiger charge is -2.11. The van der Waals surface area contributed by atoms with Crippen LogP contribution in [0.1, 0.15) is 5.82 Å². The number of benzene rings is 2. The summed E-state index contributed by atoms with van der Waals surface area (Å²) in [5.74, 6) is 0.746. The van der Waals surface area contributed by atoms with E-state index in [4.69, 9.17) is 0 Å². The lowest BCUT2D eigenvalue weighted by molar-refractivity contribution is -0.116. The molecule has 1 amide bonds. The first-order chi connectivity index (χ1) is 13.5. The lowest BCUT2D eigenvalue weighted by atomic mass is 10.2. The van der Waals surface area contributed by atoms with Gasteiger partial charge in [0.05, 0.1) is 10.9 Å². The monoisotopic (exact) mass is 375 g/mol. The Bertz CT molecular complexity index is 1240. The zero-order valence-electron chi connectivity index (χ0n) is 15.3. The molecule has 0 atom stereocenters. The van der Waals surface area contributed by atoms with Crippen LogP contribution in [0.25, 0.3) is 22.3 Å². The van der Waals surface area contributed by atoms with Gasteiger partial charge in [-0.2, -0.15) is 0 Å². The number of carbonyl (C=O) groups is 1. The van der Waals surface area contributed by atoms with Crippen LogP contribution in [0.15, 0.2) is 53.3 Å². The van der Waals surface area contributed by atoms with Crippen molar-refractivity contribution in [3.8, 4) is 11.4 Å². The minimum Gasteiger partial charge on any atom is -0.325 e. The molecule has 0 unspecified atom stereocenters. The zero-order chi connectivity index (χ0) is 19.7. The van der Waals surface area contributed by atoms with Gasteiger partial charge in [-0.25, -0.2) is 9.67 Å².